The van der Waals surface area contributed by atoms with Crippen LogP contribution in [0.1, 0.15) is 55.2 Å². The summed E-state index contributed by atoms with van der Waals surface area (Å²) in [6, 6.07) is 13.6. The number of benzene rings is 2. The molecule has 3 aliphatic carbocycles. The van der Waals surface area contributed by atoms with Gasteiger partial charge in [-0.15, -0.1) is 0 Å². The largest absolute Gasteiger partial charge is 0.508 e. The van der Waals surface area contributed by atoms with E-state index in [0.717, 1.165) is 48.3 Å². The van der Waals surface area contributed by atoms with Crippen LogP contribution in [-0.4, -0.2) is 10.9 Å². The number of fused-ring (bicyclic) bond motifs is 5. The number of halogens is 1. The molecule has 0 heterocycles. The lowest BCUT2D eigenvalue weighted by atomic mass is 9.55. The molecule has 0 bridgehead atoms. The molecule has 0 aromatic heterocycles. The summed E-state index contributed by atoms with van der Waals surface area (Å²) in [5, 5.41) is 10.6. The van der Waals surface area contributed by atoms with Gasteiger partial charge in [-0.25, -0.2) is 0 Å². The fourth-order valence-corrected chi connectivity index (χ4v) is 6.25. The molecule has 2 nitrogen and oxygen atoms in total. The van der Waals surface area contributed by atoms with Crippen LogP contribution in [0.3, 0.4) is 0 Å². The number of aromatic hydroxyl groups is 1. The van der Waals surface area contributed by atoms with Crippen molar-refractivity contribution < 1.29 is 9.90 Å². The van der Waals surface area contributed by atoms with Gasteiger partial charge in [-0.3, -0.25) is 4.79 Å². The highest BCUT2D eigenvalue weighted by Crippen LogP contribution is 2.60. The van der Waals surface area contributed by atoms with Gasteiger partial charge in [0.15, 0.2) is 5.78 Å². The van der Waals surface area contributed by atoms with E-state index in [0.29, 0.717) is 29.3 Å². The minimum absolute atomic E-state index is 0.228. The van der Waals surface area contributed by atoms with Crippen LogP contribution < -0.4 is 0 Å². The van der Waals surface area contributed by atoms with Gasteiger partial charge < -0.3 is 5.11 Å². The fraction of sp³-hybridized carbons (Fsp3) is 0.400. The van der Waals surface area contributed by atoms with Crippen molar-refractivity contribution in [3.63, 3.8) is 0 Å². The predicted octanol–water partition coefficient (Wildman–Crippen LogP) is 6.16. The molecule has 0 amide bonds. The second-order valence-electron chi connectivity index (χ2n) is 9.01. The molecule has 0 aliphatic heterocycles. The molecule has 28 heavy (non-hydrogen) atoms. The van der Waals surface area contributed by atoms with Crippen molar-refractivity contribution in [2.75, 3.05) is 0 Å². The van der Waals surface area contributed by atoms with Gasteiger partial charge in [0.05, 0.1) is 0 Å². The van der Waals surface area contributed by atoms with Gasteiger partial charge in [0.1, 0.15) is 5.75 Å². The molecule has 2 aromatic rings. The number of phenols is 1. The van der Waals surface area contributed by atoms with E-state index in [-0.39, 0.29) is 5.41 Å². The van der Waals surface area contributed by atoms with Crippen LogP contribution in [0, 0.1) is 17.3 Å². The molecular weight excluding hydrogens is 368 g/mol. The number of hydrogen-bond acceptors (Lipinski definition) is 2. The summed E-state index contributed by atoms with van der Waals surface area (Å²) >= 11 is 6.00. The summed E-state index contributed by atoms with van der Waals surface area (Å²) < 4.78 is 0. The van der Waals surface area contributed by atoms with Crippen LogP contribution in [0.5, 0.6) is 5.75 Å². The van der Waals surface area contributed by atoms with Crippen LogP contribution in [0.15, 0.2) is 48.0 Å². The first-order chi connectivity index (χ1) is 13.5. The van der Waals surface area contributed by atoms with Crippen LogP contribution >= 0.6 is 11.6 Å². The maximum Gasteiger partial charge on any atom is 0.165 e. The van der Waals surface area contributed by atoms with E-state index < -0.39 is 0 Å². The molecule has 0 spiro atoms. The molecule has 2 fully saturated rings. The van der Waals surface area contributed by atoms with Crippen molar-refractivity contribution in [2.45, 2.75) is 44.9 Å². The van der Waals surface area contributed by atoms with Crippen LogP contribution in [-0.2, 0) is 11.2 Å². The second-order valence-corrected chi connectivity index (χ2v) is 9.45. The highest BCUT2D eigenvalue weighted by atomic mass is 35.5. The molecule has 3 heteroatoms. The number of phenolic OH excluding ortho intramolecular Hbond substituents is 1. The Labute approximate surface area is 171 Å². The van der Waals surface area contributed by atoms with E-state index in [1.807, 2.05) is 36.4 Å². The van der Waals surface area contributed by atoms with E-state index in [9.17, 15) is 9.90 Å². The first kappa shape index (κ1) is 18.0. The Morgan fingerprint density at radius 3 is 2.71 bits per heavy atom. The van der Waals surface area contributed by atoms with Crippen molar-refractivity contribution in [2.24, 2.45) is 17.3 Å². The third-order valence-electron chi connectivity index (χ3n) is 7.56. The normalized spacial score (nSPS) is 32.7. The Balaban J connectivity index is 1.48. The van der Waals surface area contributed by atoms with Gasteiger partial charge in [-0.2, -0.15) is 0 Å². The Kier molecular flexibility index (Phi) is 4.17. The zero-order valence-corrected chi connectivity index (χ0v) is 16.9. The Bertz CT molecular complexity index is 975. The van der Waals surface area contributed by atoms with Crippen LogP contribution in [0.4, 0.5) is 0 Å². The number of Topliss-reactive ketones (excluding diaryl/α,β-unsaturated/α-hetero) is 1. The molecule has 0 saturated heterocycles. The fourth-order valence-electron chi connectivity index (χ4n) is 6.13. The smallest absolute Gasteiger partial charge is 0.165 e. The zero-order chi connectivity index (χ0) is 19.5. The lowest BCUT2D eigenvalue weighted by molar-refractivity contribution is -0.127. The third-order valence-corrected chi connectivity index (χ3v) is 7.81. The van der Waals surface area contributed by atoms with Gasteiger partial charge in [-0.05, 0) is 102 Å². The van der Waals surface area contributed by atoms with Crippen molar-refractivity contribution in [3.8, 4) is 5.75 Å². The summed E-state index contributed by atoms with van der Waals surface area (Å²) in [7, 11) is 0. The first-order valence-electron chi connectivity index (χ1n) is 10.3. The van der Waals surface area contributed by atoms with Crippen molar-refractivity contribution in [1.82, 2.24) is 0 Å². The standard InChI is InChI=1S/C25H25ClO2/c1-25-11-10-21-20-9-7-19(27)13-16(20)4-8-22(21)23(25)14-17(24(25)28)12-15-2-5-18(26)6-3-15/h2-3,5-7,9,12-13,21-23,27H,4,8,10-11,14H2,1H3/b17-12-/t21?,22?,23?,25-/m0/s1. The molecule has 144 valence electrons. The number of carbonyl (C=O) groups is 1. The number of rotatable bonds is 1. The first-order valence-corrected chi connectivity index (χ1v) is 10.7. The number of carbonyl (C=O) groups excluding carboxylic acids is 1. The van der Waals surface area contributed by atoms with E-state index >= 15 is 0 Å². The zero-order valence-electron chi connectivity index (χ0n) is 16.1. The Morgan fingerprint density at radius 1 is 1.14 bits per heavy atom. The van der Waals surface area contributed by atoms with E-state index in [2.05, 4.69) is 19.1 Å². The van der Waals surface area contributed by atoms with Crippen LogP contribution in [0.25, 0.3) is 6.08 Å². The minimum Gasteiger partial charge on any atom is -0.508 e. The molecule has 2 saturated carbocycles. The maximum atomic E-state index is 13.4. The van der Waals surface area contributed by atoms with Gasteiger partial charge >= 0.3 is 0 Å². The minimum atomic E-state index is -0.228. The summed E-state index contributed by atoms with van der Waals surface area (Å²) in [6.07, 6.45) is 7.09. The second kappa shape index (κ2) is 6.49. The molecule has 3 aliphatic rings. The van der Waals surface area contributed by atoms with Crippen molar-refractivity contribution in [1.29, 1.82) is 0 Å². The highest BCUT2D eigenvalue weighted by Gasteiger charge is 2.56. The SMILES string of the molecule is C[C@]12CCC3c4ccc(O)cc4CCC3C1C/C(=C/c1ccc(Cl)cc1)C2=O. The Morgan fingerprint density at radius 2 is 1.93 bits per heavy atom. The highest BCUT2D eigenvalue weighted by molar-refractivity contribution is 6.30. The van der Waals surface area contributed by atoms with Gasteiger partial charge in [0, 0.05) is 10.4 Å². The van der Waals surface area contributed by atoms with Crippen molar-refractivity contribution in [3.05, 3.63) is 69.8 Å². The molecule has 5 rings (SSSR count). The number of ketones is 1. The molecule has 2 aromatic carbocycles. The quantitative estimate of drug-likeness (QED) is 0.589. The van der Waals surface area contributed by atoms with E-state index in [4.69, 9.17) is 11.6 Å². The Hall–Kier alpha value is -2.06. The van der Waals surface area contributed by atoms with E-state index in [1.165, 1.54) is 11.1 Å². The summed E-state index contributed by atoms with van der Waals surface area (Å²) in [5.41, 5.74) is 4.50. The van der Waals surface area contributed by atoms with Gasteiger partial charge in [0.2, 0.25) is 0 Å². The topological polar surface area (TPSA) is 37.3 Å². The van der Waals surface area contributed by atoms with E-state index in [1.54, 1.807) is 0 Å². The predicted molar refractivity (Wildman–Crippen MR) is 113 cm³/mol. The molecular formula is C25H25ClO2. The number of allylic oxidation sites excluding steroid dienone is 1. The molecule has 1 N–H and O–H groups in total. The average Bonchev–Trinajstić information content (AvgIpc) is 2.94. The van der Waals surface area contributed by atoms with Gasteiger partial charge in [-0.1, -0.05) is 36.7 Å². The lowest BCUT2D eigenvalue weighted by Gasteiger charge is -2.48. The number of hydrogen-bond donors (Lipinski definition) is 1. The van der Waals surface area contributed by atoms with Crippen molar-refractivity contribution >= 4 is 23.5 Å². The number of aryl methyl sites for hydroxylation is 1. The average molecular weight is 393 g/mol. The van der Waals surface area contributed by atoms with Crippen LogP contribution in [0.2, 0.25) is 5.02 Å². The van der Waals surface area contributed by atoms with Gasteiger partial charge in [0.25, 0.3) is 0 Å². The molecule has 3 unspecified atom stereocenters. The summed E-state index contributed by atoms with van der Waals surface area (Å²) in [6.45, 7) is 2.20. The lowest BCUT2D eigenvalue weighted by Crippen LogP contribution is -2.42. The molecule has 0 radical (unpaired) electrons. The monoisotopic (exact) mass is 392 g/mol. The maximum absolute atomic E-state index is 13.4. The summed E-state index contributed by atoms with van der Waals surface area (Å²) in [4.78, 5) is 13.4. The third kappa shape index (κ3) is 2.73. The molecule has 4 atom stereocenters. The summed E-state index contributed by atoms with van der Waals surface area (Å²) in [5.74, 6) is 2.20.